The second-order valence-corrected chi connectivity index (χ2v) is 7.74. The standard InChI is InChI=1S/C18H28N6O/c1-13-10-14-12-20-22-17(14)15(11-13)18(25)24-7-3-6-23(8-9-24)16-4-2-5-19-21-16/h2,4-5,13-15,17,20,22H,3,6-12H2,1H3. The summed E-state index contributed by atoms with van der Waals surface area (Å²) in [6, 6.07) is 4.20. The topological polar surface area (TPSA) is 73.4 Å². The molecule has 1 aromatic rings. The van der Waals surface area contributed by atoms with Crippen LogP contribution in [0.5, 0.6) is 0 Å². The van der Waals surface area contributed by atoms with Gasteiger partial charge in [0.25, 0.3) is 0 Å². The lowest BCUT2D eigenvalue weighted by Gasteiger charge is -2.38. The zero-order valence-corrected chi connectivity index (χ0v) is 14.9. The van der Waals surface area contributed by atoms with Gasteiger partial charge in [0.2, 0.25) is 5.91 Å². The van der Waals surface area contributed by atoms with Gasteiger partial charge in [-0.15, -0.1) is 5.10 Å². The van der Waals surface area contributed by atoms with Crippen LogP contribution in [0.2, 0.25) is 0 Å². The second-order valence-electron chi connectivity index (χ2n) is 7.74. The van der Waals surface area contributed by atoms with Gasteiger partial charge in [0.05, 0.1) is 5.92 Å². The molecule has 3 heterocycles. The summed E-state index contributed by atoms with van der Waals surface area (Å²) in [6.45, 7) is 6.63. The van der Waals surface area contributed by atoms with E-state index in [0.717, 1.165) is 51.4 Å². The van der Waals surface area contributed by atoms with E-state index in [1.54, 1.807) is 6.20 Å². The fourth-order valence-electron chi connectivity index (χ4n) is 4.72. The Hall–Kier alpha value is -1.73. The van der Waals surface area contributed by atoms with Crippen molar-refractivity contribution in [3.63, 3.8) is 0 Å². The van der Waals surface area contributed by atoms with Crippen molar-refractivity contribution in [2.45, 2.75) is 32.2 Å². The van der Waals surface area contributed by atoms with E-state index in [2.05, 4.69) is 37.8 Å². The molecule has 2 saturated heterocycles. The first-order valence-corrected chi connectivity index (χ1v) is 9.52. The summed E-state index contributed by atoms with van der Waals surface area (Å²) in [5, 5.41) is 8.19. The number of carbonyl (C=O) groups excluding carboxylic acids is 1. The predicted molar refractivity (Wildman–Crippen MR) is 95.7 cm³/mol. The number of fused-ring (bicyclic) bond motifs is 1. The van der Waals surface area contributed by atoms with Gasteiger partial charge >= 0.3 is 0 Å². The smallest absolute Gasteiger partial charge is 0.227 e. The van der Waals surface area contributed by atoms with Gasteiger partial charge in [-0.05, 0) is 43.2 Å². The van der Waals surface area contributed by atoms with Gasteiger partial charge in [0.1, 0.15) is 0 Å². The molecule has 2 N–H and O–H groups in total. The van der Waals surface area contributed by atoms with E-state index in [0.29, 0.717) is 23.8 Å². The van der Waals surface area contributed by atoms with Crippen LogP contribution >= 0.6 is 0 Å². The number of nitrogens with one attached hydrogen (secondary N) is 2. The monoisotopic (exact) mass is 344 g/mol. The highest BCUT2D eigenvalue weighted by Gasteiger charge is 2.44. The van der Waals surface area contributed by atoms with Crippen LogP contribution in [0.25, 0.3) is 0 Å². The van der Waals surface area contributed by atoms with E-state index in [1.807, 2.05) is 12.1 Å². The molecule has 4 rings (SSSR count). The summed E-state index contributed by atoms with van der Waals surface area (Å²) in [5.74, 6) is 2.55. The molecule has 0 bridgehead atoms. The van der Waals surface area contributed by atoms with Crippen molar-refractivity contribution in [3.05, 3.63) is 18.3 Å². The van der Waals surface area contributed by atoms with Crippen molar-refractivity contribution >= 4 is 11.7 Å². The van der Waals surface area contributed by atoms with Crippen LogP contribution in [0.1, 0.15) is 26.2 Å². The SMILES string of the molecule is CC1CC2CNNC2C(C(=O)N2CCCN(c3cccnn3)CC2)C1. The average molecular weight is 344 g/mol. The fraction of sp³-hybridized carbons (Fsp3) is 0.722. The fourth-order valence-corrected chi connectivity index (χ4v) is 4.72. The maximum absolute atomic E-state index is 13.2. The number of carbonyl (C=O) groups is 1. The van der Waals surface area contributed by atoms with E-state index in [1.165, 1.54) is 6.42 Å². The number of hydrogen-bond donors (Lipinski definition) is 2. The summed E-state index contributed by atoms with van der Waals surface area (Å²) in [5.41, 5.74) is 6.64. The first kappa shape index (κ1) is 16.7. The third-order valence-electron chi connectivity index (χ3n) is 5.94. The van der Waals surface area contributed by atoms with Crippen LogP contribution in [0, 0.1) is 17.8 Å². The molecule has 0 spiro atoms. The molecule has 2 aliphatic heterocycles. The van der Waals surface area contributed by atoms with Crippen LogP contribution in [0.4, 0.5) is 5.82 Å². The van der Waals surface area contributed by atoms with Crippen LogP contribution in [-0.4, -0.2) is 59.8 Å². The molecule has 7 nitrogen and oxygen atoms in total. The van der Waals surface area contributed by atoms with Crippen LogP contribution in [0.15, 0.2) is 18.3 Å². The van der Waals surface area contributed by atoms with Gasteiger partial charge < -0.3 is 9.80 Å². The van der Waals surface area contributed by atoms with Gasteiger partial charge in [0.15, 0.2) is 5.82 Å². The van der Waals surface area contributed by atoms with E-state index >= 15 is 0 Å². The maximum atomic E-state index is 13.2. The Morgan fingerprint density at radius 3 is 3.00 bits per heavy atom. The van der Waals surface area contributed by atoms with Crippen LogP contribution in [0.3, 0.4) is 0 Å². The molecule has 7 heteroatoms. The molecule has 136 valence electrons. The summed E-state index contributed by atoms with van der Waals surface area (Å²) >= 11 is 0. The lowest BCUT2D eigenvalue weighted by atomic mass is 9.72. The summed E-state index contributed by atoms with van der Waals surface area (Å²) in [4.78, 5) is 17.6. The van der Waals surface area contributed by atoms with E-state index in [-0.39, 0.29) is 5.92 Å². The molecule has 0 aromatic carbocycles. The van der Waals surface area contributed by atoms with E-state index in [4.69, 9.17) is 0 Å². The Morgan fingerprint density at radius 2 is 2.16 bits per heavy atom. The highest BCUT2D eigenvalue weighted by molar-refractivity contribution is 5.80. The summed E-state index contributed by atoms with van der Waals surface area (Å²) < 4.78 is 0. The third kappa shape index (κ3) is 3.48. The minimum atomic E-state index is 0.104. The summed E-state index contributed by atoms with van der Waals surface area (Å²) in [7, 11) is 0. The normalized spacial score (nSPS) is 33.0. The number of aromatic nitrogens is 2. The largest absolute Gasteiger partial charge is 0.353 e. The highest BCUT2D eigenvalue weighted by atomic mass is 16.2. The number of anilines is 1. The molecule has 3 fully saturated rings. The van der Waals surface area contributed by atoms with Crippen molar-refractivity contribution in [1.82, 2.24) is 25.9 Å². The van der Waals surface area contributed by atoms with Crippen molar-refractivity contribution in [3.8, 4) is 0 Å². The maximum Gasteiger partial charge on any atom is 0.227 e. The summed E-state index contributed by atoms with van der Waals surface area (Å²) in [6.07, 6.45) is 4.89. The molecule has 1 aromatic heterocycles. The number of hydrazine groups is 1. The molecule has 0 radical (unpaired) electrons. The minimum absolute atomic E-state index is 0.104. The van der Waals surface area contributed by atoms with Crippen molar-refractivity contribution < 1.29 is 4.79 Å². The molecule has 4 atom stereocenters. The quantitative estimate of drug-likeness (QED) is 0.821. The molecule has 25 heavy (non-hydrogen) atoms. The molecule has 4 unspecified atom stereocenters. The minimum Gasteiger partial charge on any atom is -0.353 e. The molecule has 1 amide bonds. The number of amides is 1. The van der Waals surface area contributed by atoms with E-state index < -0.39 is 0 Å². The molecular weight excluding hydrogens is 316 g/mol. The van der Waals surface area contributed by atoms with Crippen molar-refractivity contribution in [1.29, 1.82) is 0 Å². The van der Waals surface area contributed by atoms with E-state index in [9.17, 15) is 4.79 Å². The molecular formula is C18H28N6O. The first-order valence-electron chi connectivity index (χ1n) is 9.52. The molecule has 1 aliphatic carbocycles. The van der Waals surface area contributed by atoms with Gasteiger partial charge in [0, 0.05) is 45.0 Å². The Labute approximate surface area is 149 Å². The average Bonchev–Trinajstić information content (AvgIpc) is 2.96. The van der Waals surface area contributed by atoms with Crippen molar-refractivity contribution in [2.75, 3.05) is 37.6 Å². The van der Waals surface area contributed by atoms with Crippen LogP contribution < -0.4 is 15.8 Å². The Bertz CT molecular complexity index is 596. The Morgan fingerprint density at radius 1 is 1.24 bits per heavy atom. The second kappa shape index (κ2) is 7.25. The first-order chi connectivity index (χ1) is 12.2. The number of hydrogen-bond acceptors (Lipinski definition) is 6. The van der Waals surface area contributed by atoms with Gasteiger partial charge in [-0.2, -0.15) is 5.10 Å². The van der Waals surface area contributed by atoms with Gasteiger partial charge in [-0.1, -0.05) is 6.92 Å². The number of nitrogens with zero attached hydrogens (tertiary/aromatic N) is 4. The number of rotatable bonds is 2. The van der Waals surface area contributed by atoms with Crippen LogP contribution in [-0.2, 0) is 4.79 Å². The molecule has 3 aliphatic rings. The zero-order valence-electron chi connectivity index (χ0n) is 14.9. The van der Waals surface area contributed by atoms with Crippen molar-refractivity contribution in [2.24, 2.45) is 17.8 Å². The third-order valence-corrected chi connectivity index (χ3v) is 5.94. The predicted octanol–water partition coefficient (Wildman–Crippen LogP) is 0.654. The molecule has 1 saturated carbocycles. The lowest BCUT2D eigenvalue weighted by Crippen LogP contribution is -2.51. The Balaban J connectivity index is 1.42. The lowest BCUT2D eigenvalue weighted by molar-refractivity contribution is -0.138. The zero-order chi connectivity index (χ0) is 17.2. The highest BCUT2D eigenvalue weighted by Crippen LogP contribution is 2.36. The van der Waals surface area contributed by atoms with Gasteiger partial charge in [-0.3, -0.25) is 15.6 Å². The van der Waals surface area contributed by atoms with Gasteiger partial charge in [-0.25, -0.2) is 0 Å². The Kier molecular flexibility index (Phi) is 4.85.